The Morgan fingerprint density at radius 3 is 0.781 bits per heavy atom. The van der Waals surface area contributed by atoms with Crippen LogP contribution in [0.25, 0.3) is 0 Å². The SMILES string of the molecule is CCO[C@@H]1[C@@H](OP(=O)(O)O)[C@H](OP(=O)(O)O)[C@H](OCC)[C@H](OP(=O)(O)O)[C@H]1OP(=O)(O)O. The van der Waals surface area contributed by atoms with Gasteiger partial charge in [-0.25, -0.2) is 18.3 Å². The highest BCUT2D eigenvalue weighted by atomic mass is 31.2. The Morgan fingerprint density at radius 2 is 0.656 bits per heavy atom. The lowest BCUT2D eigenvalue weighted by atomic mass is 9.84. The third-order valence-electron chi connectivity index (χ3n) is 3.70. The molecule has 6 atom stereocenters. The van der Waals surface area contributed by atoms with E-state index in [2.05, 4.69) is 18.1 Å². The minimum Gasteiger partial charge on any atom is -0.373 e. The molecule has 0 aromatic rings. The number of hydrogen-bond donors (Lipinski definition) is 8. The molecule has 32 heavy (non-hydrogen) atoms. The van der Waals surface area contributed by atoms with E-state index in [0.29, 0.717) is 0 Å². The fraction of sp³-hybridized carbons (Fsp3) is 1.00. The van der Waals surface area contributed by atoms with E-state index < -0.39 is 67.9 Å². The van der Waals surface area contributed by atoms with Crippen LogP contribution in [0.15, 0.2) is 0 Å². The van der Waals surface area contributed by atoms with Crippen molar-refractivity contribution in [3.8, 4) is 0 Å². The van der Waals surface area contributed by atoms with Gasteiger partial charge < -0.3 is 48.6 Å². The maximum absolute atomic E-state index is 11.5. The maximum atomic E-state index is 11.5. The van der Waals surface area contributed by atoms with Gasteiger partial charge in [-0.15, -0.1) is 0 Å². The zero-order chi connectivity index (χ0) is 25.1. The number of phosphoric acid groups is 4. The Labute approximate surface area is 180 Å². The molecular formula is C10H24O18P4. The molecule has 1 fully saturated rings. The van der Waals surface area contributed by atoms with Gasteiger partial charge in [0.25, 0.3) is 0 Å². The highest BCUT2D eigenvalue weighted by Gasteiger charge is 2.60. The first-order chi connectivity index (χ1) is 14.3. The summed E-state index contributed by atoms with van der Waals surface area (Å²) in [6.07, 6.45) is -13.1. The molecule has 0 heterocycles. The van der Waals surface area contributed by atoms with Gasteiger partial charge in [0.2, 0.25) is 0 Å². The van der Waals surface area contributed by atoms with Gasteiger partial charge in [0.15, 0.2) is 0 Å². The summed E-state index contributed by atoms with van der Waals surface area (Å²) in [6, 6.07) is 0. The second kappa shape index (κ2) is 11.4. The third-order valence-corrected chi connectivity index (χ3v) is 5.77. The van der Waals surface area contributed by atoms with E-state index >= 15 is 0 Å². The van der Waals surface area contributed by atoms with Gasteiger partial charge >= 0.3 is 31.3 Å². The molecular weight excluding hydrogens is 532 g/mol. The lowest BCUT2D eigenvalue weighted by Gasteiger charge is -2.48. The summed E-state index contributed by atoms with van der Waals surface area (Å²) in [5, 5.41) is 0. The zero-order valence-corrected chi connectivity index (χ0v) is 19.9. The van der Waals surface area contributed by atoms with Gasteiger partial charge in [-0.1, -0.05) is 0 Å². The molecule has 22 heteroatoms. The second-order valence-corrected chi connectivity index (χ2v) is 10.9. The summed E-state index contributed by atoms with van der Waals surface area (Å²) < 4.78 is 74.4. The molecule has 0 radical (unpaired) electrons. The van der Waals surface area contributed by atoms with Gasteiger partial charge in [-0.2, -0.15) is 0 Å². The minimum absolute atomic E-state index is 0.364. The quantitative estimate of drug-likeness (QED) is 0.130. The summed E-state index contributed by atoms with van der Waals surface area (Å²) in [6.45, 7) is 1.87. The maximum Gasteiger partial charge on any atom is 0.470 e. The van der Waals surface area contributed by atoms with Crippen LogP contribution in [0.5, 0.6) is 0 Å². The lowest BCUT2D eigenvalue weighted by Crippen LogP contribution is -2.66. The van der Waals surface area contributed by atoms with Crippen LogP contribution in [-0.2, 0) is 45.8 Å². The van der Waals surface area contributed by atoms with Gasteiger partial charge in [-0.05, 0) is 13.8 Å². The zero-order valence-electron chi connectivity index (χ0n) is 16.3. The minimum atomic E-state index is -5.49. The van der Waals surface area contributed by atoms with Crippen molar-refractivity contribution in [3.05, 3.63) is 0 Å². The summed E-state index contributed by atoms with van der Waals surface area (Å²) >= 11 is 0. The Kier molecular flexibility index (Phi) is 10.8. The third kappa shape index (κ3) is 10.3. The van der Waals surface area contributed by atoms with Crippen LogP contribution < -0.4 is 0 Å². The molecule has 1 rings (SSSR count). The molecule has 0 aliphatic heterocycles. The van der Waals surface area contributed by atoms with E-state index in [4.69, 9.17) is 9.47 Å². The molecule has 1 aliphatic rings. The summed E-state index contributed by atoms with van der Waals surface area (Å²) in [5.41, 5.74) is 0. The second-order valence-electron chi connectivity index (χ2n) is 6.08. The molecule has 18 nitrogen and oxygen atoms in total. The van der Waals surface area contributed by atoms with Gasteiger partial charge in [0.1, 0.15) is 36.6 Å². The average Bonchev–Trinajstić information content (AvgIpc) is 2.53. The Hall–Kier alpha value is 0.360. The molecule has 0 bridgehead atoms. The van der Waals surface area contributed by atoms with E-state index in [1.54, 1.807) is 0 Å². The van der Waals surface area contributed by atoms with Crippen LogP contribution >= 0.6 is 31.3 Å². The first-order valence-electron chi connectivity index (χ1n) is 8.47. The highest BCUT2D eigenvalue weighted by Crippen LogP contribution is 2.53. The number of rotatable bonds is 12. The van der Waals surface area contributed by atoms with Crippen LogP contribution in [0, 0.1) is 0 Å². The van der Waals surface area contributed by atoms with Crippen LogP contribution in [-0.4, -0.2) is 89.0 Å². The molecule has 0 aromatic heterocycles. The molecule has 0 spiro atoms. The predicted octanol–water partition coefficient (Wildman–Crippen LogP) is -1.28. The van der Waals surface area contributed by atoms with Gasteiger partial charge in [-0.3, -0.25) is 18.1 Å². The van der Waals surface area contributed by atoms with Crippen molar-refractivity contribution in [2.45, 2.75) is 50.5 Å². The van der Waals surface area contributed by atoms with Crippen molar-refractivity contribution in [1.29, 1.82) is 0 Å². The molecule has 8 N–H and O–H groups in total. The van der Waals surface area contributed by atoms with E-state index in [1.165, 1.54) is 13.8 Å². The monoisotopic (exact) mass is 556 g/mol. The molecule has 0 amide bonds. The summed E-state index contributed by atoms with van der Waals surface area (Å²) in [5.74, 6) is 0. The van der Waals surface area contributed by atoms with Crippen LogP contribution in [0.1, 0.15) is 13.8 Å². The molecule has 192 valence electrons. The van der Waals surface area contributed by atoms with E-state index in [-0.39, 0.29) is 13.2 Å². The standard InChI is InChI=1S/C10H24O18P4/c1-3-23-5-7(25-29(11,12)13)9(27-31(17,18)19)6(24-4-2)10(28-32(20,21)22)8(5)26-30(14,15)16/h5-10H,3-4H2,1-2H3,(H2,11,12,13)(H2,14,15,16)(H2,17,18,19)(H2,20,21,22)/t5-,6+,7-,8+,9-,10+. The van der Waals surface area contributed by atoms with Crippen LogP contribution in [0.2, 0.25) is 0 Å². The highest BCUT2D eigenvalue weighted by molar-refractivity contribution is 7.47. The predicted molar refractivity (Wildman–Crippen MR) is 98.5 cm³/mol. The summed E-state index contributed by atoms with van der Waals surface area (Å²) in [7, 11) is -22.0. The fourth-order valence-electron chi connectivity index (χ4n) is 3.00. The van der Waals surface area contributed by atoms with E-state index in [9.17, 15) is 57.4 Å². The van der Waals surface area contributed by atoms with E-state index in [0.717, 1.165) is 0 Å². The fourth-order valence-corrected chi connectivity index (χ4v) is 5.23. The molecule has 0 unspecified atom stereocenters. The average molecular weight is 556 g/mol. The van der Waals surface area contributed by atoms with Crippen molar-refractivity contribution < 1.29 is 85.0 Å². The first kappa shape index (κ1) is 30.4. The molecule has 0 saturated heterocycles. The molecule has 1 saturated carbocycles. The number of phosphoric ester groups is 4. The molecule has 1 aliphatic carbocycles. The number of ether oxygens (including phenoxy) is 2. The Balaban J connectivity index is 3.76. The smallest absolute Gasteiger partial charge is 0.373 e. The molecule has 0 aromatic carbocycles. The van der Waals surface area contributed by atoms with Crippen molar-refractivity contribution in [2.24, 2.45) is 0 Å². The van der Waals surface area contributed by atoms with Crippen molar-refractivity contribution in [2.75, 3.05) is 13.2 Å². The van der Waals surface area contributed by atoms with Crippen LogP contribution in [0.3, 0.4) is 0 Å². The van der Waals surface area contributed by atoms with Crippen molar-refractivity contribution in [1.82, 2.24) is 0 Å². The lowest BCUT2D eigenvalue weighted by molar-refractivity contribution is -0.230. The largest absolute Gasteiger partial charge is 0.470 e. The topological polar surface area (TPSA) is 286 Å². The normalized spacial score (nSPS) is 30.4. The Morgan fingerprint density at radius 1 is 0.469 bits per heavy atom. The van der Waals surface area contributed by atoms with Crippen molar-refractivity contribution in [3.63, 3.8) is 0 Å². The summed E-state index contributed by atoms with van der Waals surface area (Å²) in [4.78, 5) is 74.0. The van der Waals surface area contributed by atoms with Gasteiger partial charge in [0.05, 0.1) is 0 Å². The van der Waals surface area contributed by atoms with Crippen molar-refractivity contribution >= 4 is 31.3 Å². The Bertz CT molecular complexity index is 668. The number of hydrogen-bond acceptors (Lipinski definition) is 10. The van der Waals surface area contributed by atoms with Crippen LogP contribution in [0.4, 0.5) is 0 Å². The van der Waals surface area contributed by atoms with Gasteiger partial charge in [0, 0.05) is 13.2 Å². The first-order valence-corrected chi connectivity index (χ1v) is 14.6. The van der Waals surface area contributed by atoms with E-state index in [1.807, 2.05) is 0 Å².